The van der Waals surface area contributed by atoms with Gasteiger partial charge in [0.1, 0.15) is 12.6 Å². The standard InChI is InChI=1S/C17H29NO4/c1-5-6-7-8-9-10-11-12-14(19)16(17(21)22)15(20)13-18(2,3)4/h9-12,15-16,20H,5-8,13H2,1-4H3/b10-9+,12-11+. The molecule has 0 aliphatic carbocycles. The van der Waals surface area contributed by atoms with Crippen LogP contribution in [0.5, 0.6) is 0 Å². The van der Waals surface area contributed by atoms with Crippen molar-refractivity contribution in [2.75, 3.05) is 27.7 Å². The Morgan fingerprint density at radius 1 is 1.18 bits per heavy atom. The topological polar surface area (TPSA) is 77.4 Å². The summed E-state index contributed by atoms with van der Waals surface area (Å²) in [5.74, 6) is -3.70. The van der Waals surface area contributed by atoms with Crippen LogP contribution >= 0.6 is 0 Å². The lowest BCUT2D eigenvalue weighted by Gasteiger charge is -2.30. The molecule has 2 unspecified atom stereocenters. The largest absolute Gasteiger partial charge is 0.549 e. The lowest BCUT2D eigenvalue weighted by atomic mass is 9.96. The van der Waals surface area contributed by atoms with Gasteiger partial charge in [0.05, 0.1) is 33.0 Å². The van der Waals surface area contributed by atoms with E-state index in [9.17, 15) is 19.8 Å². The molecule has 5 heteroatoms. The molecule has 0 amide bonds. The number of aliphatic hydroxyl groups excluding tert-OH is 1. The fourth-order valence-corrected chi connectivity index (χ4v) is 2.07. The Hall–Kier alpha value is -1.46. The van der Waals surface area contributed by atoms with Gasteiger partial charge in [0.15, 0.2) is 5.78 Å². The van der Waals surface area contributed by atoms with E-state index in [1.807, 2.05) is 27.2 Å². The van der Waals surface area contributed by atoms with Crippen LogP contribution in [0.1, 0.15) is 32.6 Å². The summed E-state index contributed by atoms with van der Waals surface area (Å²) in [4.78, 5) is 23.1. The third-order valence-electron chi connectivity index (χ3n) is 3.16. The third kappa shape index (κ3) is 9.47. The lowest BCUT2D eigenvalue weighted by Crippen LogP contribution is -2.50. The molecule has 0 spiro atoms. The molecule has 0 heterocycles. The van der Waals surface area contributed by atoms with Crippen molar-refractivity contribution in [3.63, 3.8) is 0 Å². The number of likely N-dealkylation sites (N-methyl/N-ethyl adjacent to an activating group) is 1. The van der Waals surface area contributed by atoms with Crippen molar-refractivity contribution in [3.05, 3.63) is 24.3 Å². The molecule has 0 aliphatic rings. The van der Waals surface area contributed by atoms with Crippen molar-refractivity contribution in [2.45, 2.75) is 38.7 Å². The Balaban J connectivity index is 4.57. The number of rotatable bonds is 11. The van der Waals surface area contributed by atoms with Crippen molar-refractivity contribution in [1.29, 1.82) is 0 Å². The number of ketones is 1. The smallest absolute Gasteiger partial charge is 0.167 e. The van der Waals surface area contributed by atoms with Gasteiger partial charge in [-0.15, -0.1) is 0 Å². The Morgan fingerprint density at radius 3 is 2.32 bits per heavy atom. The van der Waals surface area contributed by atoms with E-state index in [1.54, 1.807) is 6.08 Å². The van der Waals surface area contributed by atoms with Gasteiger partial charge in [-0.25, -0.2) is 0 Å². The molecule has 1 N–H and O–H groups in total. The second kappa shape index (κ2) is 10.3. The number of quaternary nitrogens is 1. The fourth-order valence-electron chi connectivity index (χ4n) is 2.07. The van der Waals surface area contributed by atoms with Crippen molar-refractivity contribution < 1.29 is 24.3 Å². The molecular weight excluding hydrogens is 282 g/mol. The number of hydrogen-bond donors (Lipinski definition) is 1. The summed E-state index contributed by atoms with van der Waals surface area (Å²) >= 11 is 0. The van der Waals surface area contributed by atoms with E-state index in [4.69, 9.17) is 0 Å². The summed E-state index contributed by atoms with van der Waals surface area (Å²) in [5, 5.41) is 21.1. The van der Waals surface area contributed by atoms with E-state index < -0.39 is 23.8 Å². The summed E-state index contributed by atoms with van der Waals surface area (Å²) < 4.78 is 0.360. The van der Waals surface area contributed by atoms with Crippen molar-refractivity contribution >= 4 is 11.8 Å². The second-order valence-electron chi connectivity index (χ2n) is 6.52. The first kappa shape index (κ1) is 20.5. The molecule has 0 saturated heterocycles. The first-order valence-corrected chi connectivity index (χ1v) is 7.75. The van der Waals surface area contributed by atoms with Crippen LogP contribution in [0.3, 0.4) is 0 Å². The Bertz CT molecular complexity index is 407. The molecule has 5 nitrogen and oxygen atoms in total. The number of carbonyl (C=O) groups excluding carboxylic acids is 2. The van der Waals surface area contributed by atoms with Gasteiger partial charge < -0.3 is 19.5 Å². The molecule has 0 bridgehead atoms. The van der Waals surface area contributed by atoms with Crippen LogP contribution in [-0.2, 0) is 9.59 Å². The van der Waals surface area contributed by atoms with Crippen molar-refractivity contribution in [1.82, 2.24) is 0 Å². The van der Waals surface area contributed by atoms with Crippen LogP contribution in [0.4, 0.5) is 0 Å². The Morgan fingerprint density at radius 2 is 1.82 bits per heavy atom. The molecular formula is C17H29NO4. The van der Waals surface area contributed by atoms with E-state index in [-0.39, 0.29) is 6.54 Å². The summed E-state index contributed by atoms with van der Waals surface area (Å²) in [7, 11) is 5.44. The van der Waals surface area contributed by atoms with Crippen molar-refractivity contribution in [2.24, 2.45) is 5.92 Å². The first-order valence-electron chi connectivity index (χ1n) is 7.75. The normalized spacial score (nSPS) is 15.3. The number of hydrogen-bond acceptors (Lipinski definition) is 4. The van der Waals surface area contributed by atoms with Crippen LogP contribution in [-0.4, -0.2) is 55.1 Å². The average Bonchev–Trinajstić information content (AvgIpc) is 2.35. The van der Waals surface area contributed by atoms with Crippen LogP contribution in [0.2, 0.25) is 0 Å². The number of carboxylic acids is 1. The van der Waals surface area contributed by atoms with Gasteiger partial charge in [-0.1, -0.05) is 38.0 Å². The van der Waals surface area contributed by atoms with Gasteiger partial charge in [0.2, 0.25) is 0 Å². The van der Waals surface area contributed by atoms with E-state index in [0.717, 1.165) is 25.7 Å². The van der Waals surface area contributed by atoms with Gasteiger partial charge in [0, 0.05) is 0 Å². The zero-order valence-electron chi connectivity index (χ0n) is 14.1. The molecule has 2 atom stereocenters. The van der Waals surface area contributed by atoms with Gasteiger partial charge in [-0.2, -0.15) is 0 Å². The van der Waals surface area contributed by atoms with Gasteiger partial charge in [-0.3, -0.25) is 4.79 Å². The van der Waals surface area contributed by atoms with E-state index >= 15 is 0 Å². The third-order valence-corrected chi connectivity index (χ3v) is 3.16. The average molecular weight is 311 g/mol. The van der Waals surface area contributed by atoms with Crippen LogP contribution in [0.15, 0.2) is 24.3 Å². The summed E-state index contributed by atoms with van der Waals surface area (Å²) in [6.07, 6.45) is 9.45. The van der Waals surface area contributed by atoms with Gasteiger partial charge in [0.25, 0.3) is 0 Å². The second-order valence-corrected chi connectivity index (χ2v) is 6.52. The van der Waals surface area contributed by atoms with Gasteiger partial charge >= 0.3 is 0 Å². The number of unbranched alkanes of at least 4 members (excludes halogenated alkanes) is 3. The van der Waals surface area contributed by atoms with Crippen molar-refractivity contribution in [3.8, 4) is 0 Å². The predicted octanol–water partition coefficient (Wildman–Crippen LogP) is 0.681. The molecule has 126 valence electrons. The van der Waals surface area contributed by atoms with E-state index in [0.29, 0.717) is 4.48 Å². The molecule has 0 rings (SSSR count). The molecule has 0 aromatic carbocycles. The molecule has 0 radical (unpaired) electrons. The highest BCUT2D eigenvalue weighted by Gasteiger charge is 2.30. The highest BCUT2D eigenvalue weighted by molar-refractivity contribution is 6.04. The lowest BCUT2D eigenvalue weighted by molar-refractivity contribution is -0.873. The minimum atomic E-state index is -1.54. The summed E-state index contributed by atoms with van der Waals surface area (Å²) in [6.45, 7) is 2.29. The first-order chi connectivity index (χ1) is 10.2. The number of carbonyl (C=O) groups is 2. The zero-order valence-corrected chi connectivity index (χ0v) is 14.1. The fraction of sp³-hybridized carbons (Fsp3) is 0.647. The minimum Gasteiger partial charge on any atom is -0.549 e. The molecule has 0 saturated carbocycles. The maximum Gasteiger partial charge on any atom is 0.167 e. The number of carboxylic acid groups (broad SMARTS) is 1. The maximum atomic E-state index is 11.9. The Kier molecular flexibility index (Phi) is 9.61. The van der Waals surface area contributed by atoms with E-state index in [2.05, 4.69) is 6.92 Å². The highest BCUT2D eigenvalue weighted by atomic mass is 16.4. The molecule has 0 aliphatic heterocycles. The molecule has 0 fully saturated rings. The quantitative estimate of drug-likeness (QED) is 0.200. The van der Waals surface area contributed by atoms with Crippen LogP contribution in [0, 0.1) is 5.92 Å². The predicted molar refractivity (Wildman–Crippen MR) is 84.8 cm³/mol. The zero-order chi connectivity index (χ0) is 17.2. The van der Waals surface area contributed by atoms with Crippen LogP contribution < -0.4 is 5.11 Å². The maximum absolute atomic E-state index is 11.9. The molecule has 0 aromatic heterocycles. The number of allylic oxidation sites excluding steroid dienone is 4. The summed E-state index contributed by atoms with van der Waals surface area (Å²) in [6, 6.07) is 0. The van der Waals surface area contributed by atoms with E-state index in [1.165, 1.54) is 12.2 Å². The van der Waals surface area contributed by atoms with Gasteiger partial charge in [-0.05, 0) is 18.9 Å². The molecule has 22 heavy (non-hydrogen) atoms. The summed E-state index contributed by atoms with van der Waals surface area (Å²) in [5.41, 5.74) is 0. The monoisotopic (exact) mass is 311 g/mol. The number of nitrogens with zero attached hydrogens (tertiary/aromatic N) is 1. The number of aliphatic hydroxyl groups is 1. The number of aliphatic carboxylic acids is 1. The molecule has 0 aromatic rings. The SMILES string of the molecule is CCCCC/C=C/C=C/C(=O)C(C(=O)[O-])C(O)C[N+](C)(C)C. The minimum absolute atomic E-state index is 0.158. The van der Waals surface area contributed by atoms with Crippen LogP contribution in [0.25, 0.3) is 0 Å². The highest BCUT2D eigenvalue weighted by Crippen LogP contribution is 2.10. The Labute approximate surface area is 133 Å².